The fourth-order valence-electron chi connectivity index (χ4n) is 1.00. The van der Waals surface area contributed by atoms with Crippen molar-refractivity contribution in [2.45, 2.75) is 20.0 Å². The predicted octanol–water partition coefficient (Wildman–Crippen LogP) is 1.72. The van der Waals surface area contributed by atoms with Gasteiger partial charge < -0.3 is 10.1 Å². The van der Waals surface area contributed by atoms with E-state index in [1.807, 2.05) is 0 Å². The van der Waals surface area contributed by atoms with E-state index in [1.54, 1.807) is 6.92 Å². The summed E-state index contributed by atoms with van der Waals surface area (Å²) in [4.78, 5) is 25.6. The van der Waals surface area contributed by atoms with Crippen LogP contribution in [0.25, 0.3) is 0 Å². The maximum absolute atomic E-state index is 11.8. The summed E-state index contributed by atoms with van der Waals surface area (Å²) in [5.41, 5.74) is 0.891. The van der Waals surface area contributed by atoms with Crippen LogP contribution in [0.15, 0.2) is 28.5 Å². The highest BCUT2D eigenvalue weighted by atomic mass is 19.4. The number of esters is 1. The molecular formula is C11H13F3N2O3. The van der Waals surface area contributed by atoms with Gasteiger partial charge in [0.05, 0.1) is 0 Å². The maximum Gasteiger partial charge on any atom is 0.422 e. The number of aliphatic imine (C=N–C) groups is 1. The Morgan fingerprint density at radius 3 is 2.42 bits per heavy atom. The van der Waals surface area contributed by atoms with Crippen LogP contribution in [0.2, 0.25) is 0 Å². The summed E-state index contributed by atoms with van der Waals surface area (Å²) in [6, 6.07) is 0. The van der Waals surface area contributed by atoms with Crippen LogP contribution >= 0.6 is 0 Å². The van der Waals surface area contributed by atoms with Gasteiger partial charge >= 0.3 is 18.1 Å². The number of ether oxygens (including phenoxy) is 1. The molecule has 0 saturated carbocycles. The van der Waals surface area contributed by atoms with Gasteiger partial charge in [-0.15, -0.1) is 0 Å². The molecule has 0 aliphatic carbocycles. The molecule has 19 heavy (non-hydrogen) atoms. The standard InChI is InChI=1S/C11H13F3N2O3/c1-7(5-15-3)4-8(2)16-9(17)10(18)19-6-11(12,13)14/h4-5H,3,6H2,1-2H3,(H,16,17)/b7-5-,8-4+. The Morgan fingerprint density at radius 1 is 1.37 bits per heavy atom. The molecule has 0 aliphatic rings. The topological polar surface area (TPSA) is 67.8 Å². The summed E-state index contributed by atoms with van der Waals surface area (Å²) in [5, 5.41) is 2.08. The Labute approximate surface area is 107 Å². The molecular weight excluding hydrogens is 265 g/mol. The molecule has 8 heteroatoms. The zero-order valence-corrected chi connectivity index (χ0v) is 10.4. The Kier molecular flexibility index (Phi) is 6.53. The van der Waals surface area contributed by atoms with E-state index in [2.05, 4.69) is 21.8 Å². The molecule has 0 bridgehead atoms. The van der Waals surface area contributed by atoms with Crippen molar-refractivity contribution < 1.29 is 27.5 Å². The lowest BCUT2D eigenvalue weighted by atomic mass is 10.2. The monoisotopic (exact) mass is 278 g/mol. The van der Waals surface area contributed by atoms with Crippen molar-refractivity contribution >= 4 is 18.6 Å². The average Bonchev–Trinajstić information content (AvgIpc) is 2.24. The summed E-state index contributed by atoms with van der Waals surface area (Å²) in [5.74, 6) is -2.88. The van der Waals surface area contributed by atoms with Crippen LogP contribution in [0, 0.1) is 0 Å². The largest absolute Gasteiger partial charge is 0.449 e. The third-order valence-electron chi connectivity index (χ3n) is 1.60. The summed E-state index contributed by atoms with van der Waals surface area (Å²) in [6.07, 6.45) is -1.81. The number of hydrogen-bond donors (Lipinski definition) is 1. The molecule has 0 unspecified atom stereocenters. The van der Waals surface area contributed by atoms with Crippen molar-refractivity contribution in [3.63, 3.8) is 0 Å². The van der Waals surface area contributed by atoms with Crippen molar-refractivity contribution in [2.75, 3.05) is 6.61 Å². The summed E-state index contributed by atoms with van der Waals surface area (Å²) < 4.78 is 39.0. The highest BCUT2D eigenvalue weighted by Gasteiger charge is 2.31. The predicted molar refractivity (Wildman–Crippen MR) is 62.2 cm³/mol. The number of halogens is 3. The molecule has 0 spiro atoms. The van der Waals surface area contributed by atoms with Gasteiger partial charge in [-0.05, 0) is 32.2 Å². The van der Waals surface area contributed by atoms with E-state index in [-0.39, 0.29) is 5.70 Å². The Bertz CT molecular complexity index is 425. The normalized spacial score (nSPS) is 12.9. The van der Waals surface area contributed by atoms with Gasteiger partial charge in [0.2, 0.25) is 0 Å². The molecule has 106 valence electrons. The lowest BCUT2D eigenvalue weighted by Gasteiger charge is -2.08. The Hall–Kier alpha value is -2.12. The number of allylic oxidation sites excluding steroid dienone is 3. The molecule has 1 amide bonds. The van der Waals surface area contributed by atoms with Gasteiger partial charge in [-0.3, -0.25) is 9.79 Å². The molecule has 0 radical (unpaired) electrons. The number of nitrogens with one attached hydrogen (secondary N) is 1. The first-order chi connectivity index (χ1) is 8.65. The van der Waals surface area contributed by atoms with Crippen molar-refractivity contribution in [3.05, 3.63) is 23.5 Å². The second kappa shape index (κ2) is 7.34. The van der Waals surface area contributed by atoms with Crippen LogP contribution in [0.1, 0.15) is 13.8 Å². The van der Waals surface area contributed by atoms with Crippen LogP contribution in [0.5, 0.6) is 0 Å². The Morgan fingerprint density at radius 2 is 1.95 bits per heavy atom. The van der Waals surface area contributed by atoms with Crippen LogP contribution in [-0.2, 0) is 14.3 Å². The molecule has 0 rings (SSSR count). The second-order valence-electron chi connectivity index (χ2n) is 3.53. The summed E-state index contributed by atoms with van der Waals surface area (Å²) in [7, 11) is 0. The first-order valence-corrected chi connectivity index (χ1v) is 5.01. The van der Waals surface area contributed by atoms with Crippen molar-refractivity contribution in [3.8, 4) is 0 Å². The zero-order chi connectivity index (χ0) is 15.1. The number of carbonyl (C=O) groups excluding carboxylic acids is 2. The van der Waals surface area contributed by atoms with Crippen molar-refractivity contribution in [1.29, 1.82) is 0 Å². The first kappa shape index (κ1) is 16.9. The number of alkyl halides is 3. The molecule has 0 aliphatic heterocycles. The molecule has 0 saturated heterocycles. The minimum absolute atomic E-state index is 0.256. The molecule has 0 atom stereocenters. The number of amides is 1. The van der Waals surface area contributed by atoms with Crippen LogP contribution in [0.3, 0.4) is 0 Å². The smallest absolute Gasteiger partial charge is 0.422 e. The van der Waals surface area contributed by atoms with Gasteiger partial charge in [-0.2, -0.15) is 13.2 Å². The molecule has 0 fully saturated rings. The van der Waals surface area contributed by atoms with E-state index in [0.29, 0.717) is 5.57 Å². The molecule has 0 aromatic rings. The number of nitrogens with zero attached hydrogens (tertiary/aromatic N) is 1. The van der Waals surface area contributed by atoms with Gasteiger partial charge in [0.1, 0.15) is 0 Å². The van der Waals surface area contributed by atoms with Crippen molar-refractivity contribution in [2.24, 2.45) is 4.99 Å². The van der Waals surface area contributed by atoms with Gasteiger partial charge in [0, 0.05) is 11.9 Å². The zero-order valence-electron chi connectivity index (χ0n) is 10.4. The molecule has 0 heterocycles. The van der Waals surface area contributed by atoms with E-state index in [4.69, 9.17) is 0 Å². The Balaban J connectivity index is 4.41. The molecule has 0 aromatic heterocycles. The lowest BCUT2D eigenvalue weighted by Crippen LogP contribution is -2.33. The van der Waals surface area contributed by atoms with Gasteiger partial charge in [-0.25, -0.2) is 4.79 Å². The minimum Gasteiger partial charge on any atom is -0.449 e. The third kappa shape index (κ3) is 8.58. The number of carbonyl (C=O) groups is 2. The van der Waals surface area contributed by atoms with Crippen molar-refractivity contribution in [1.82, 2.24) is 5.32 Å². The van der Waals surface area contributed by atoms with Crippen LogP contribution in [-0.4, -0.2) is 31.4 Å². The maximum atomic E-state index is 11.8. The van der Waals surface area contributed by atoms with E-state index >= 15 is 0 Å². The van der Waals surface area contributed by atoms with Gasteiger partial charge in [-0.1, -0.05) is 0 Å². The molecule has 5 nitrogen and oxygen atoms in total. The van der Waals surface area contributed by atoms with Crippen LogP contribution < -0.4 is 5.32 Å². The molecule has 0 aromatic carbocycles. The number of hydrogen-bond acceptors (Lipinski definition) is 4. The van der Waals surface area contributed by atoms with E-state index in [0.717, 1.165) is 0 Å². The quantitative estimate of drug-likeness (QED) is 0.368. The van der Waals surface area contributed by atoms with E-state index in [1.165, 1.54) is 19.2 Å². The minimum atomic E-state index is -4.67. The SMILES string of the molecule is C=N/C=C(C)\C=C(/C)NC(=O)C(=O)OCC(F)(F)F. The molecule has 1 N–H and O–H groups in total. The van der Waals surface area contributed by atoms with Crippen LogP contribution in [0.4, 0.5) is 13.2 Å². The van der Waals surface area contributed by atoms with Gasteiger partial charge in [0.25, 0.3) is 0 Å². The highest BCUT2D eigenvalue weighted by Crippen LogP contribution is 2.14. The second-order valence-corrected chi connectivity index (χ2v) is 3.53. The fraction of sp³-hybridized carbons (Fsp3) is 0.364. The average molecular weight is 278 g/mol. The lowest BCUT2D eigenvalue weighted by molar-refractivity contribution is -0.187. The highest BCUT2D eigenvalue weighted by molar-refractivity contribution is 6.32. The van der Waals surface area contributed by atoms with E-state index in [9.17, 15) is 22.8 Å². The van der Waals surface area contributed by atoms with Gasteiger partial charge in [0.15, 0.2) is 6.61 Å². The summed E-state index contributed by atoms with van der Waals surface area (Å²) in [6.45, 7) is 4.53. The number of rotatable bonds is 4. The van der Waals surface area contributed by atoms with E-state index < -0.39 is 24.7 Å². The fourth-order valence-corrected chi connectivity index (χ4v) is 1.00. The first-order valence-electron chi connectivity index (χ1n) is 5.01. The summed E-state index contributed by atoms with van der Waals surface area (Å²) >= 11 is 0. The third-order valence-corrected chi connectivity index (χ3v) is 1.60.